The average Bonchev–Trinajstić information content (AvgIpc) is 2.83. The normalized spacial score (nSPS) is 12.0. The van der Waals surface area contributed by atoms with Gasteiger partial charge in [0, 0.05) is 18.7 Å². The average molecular weight is 520 g/mol. The number of halogens is 1. The van der Waals surface area contributed by atoms with Gasteiger partial charge in [0.15, 0.2) is 5.78 Å². The molecular weight excluding hydrogens is 485 g/mol. The first kappa shape index (κ1) is 29.0. The predicted octanol–water partition coefficient (Wildman–Crippen LogP) is 3.52. The van der Waals surface area contributed by atoms with E-state index in [1.54, 1.807) is 19.1 Å². The summed E-state index contributed by atoms with van der Waals surface area (Å²) in [6, 6.07) is 10.7. The fourth-order valence-electron chi connectivity index (χ4n) is 3.71. The maximum atomic E-state index is 13.6. The first-order chi connectivity index (χ1) is 17.0. The van der Waals surface area contributed by atoms with Crippen LogP contribution in [0.2, 0.25) is 0 Å². The highest BCUT2D eigenvalue weighted by molar-refractivity contribution is 7.92. The number of ketones is 1. The molecule has 36 heavy (non-hydrogen) atoms. The molecule has 0 heterocycles. The SMILES string of the molecule is CCCCNC(=O)C(CC)N(Cc1ccc(F)cc1)C(=O)CN(c1cccc(C(C)=O)c1)S(C)(=O)=O. The molecule has 0 aliphatic carbocycles. The zero-order chi connectivity index (χ0) is 26.9. The Morgan fingerprint density at radius 2 is 1.72 bits per heavy atom. The number of anilines is 1. The smallest absolute Gasteiger partial charge is 0.244 e. The van der Waals surface area contributed by atoms with E-state index in [-0.39, 0.29) is 23.9 Å². The molecule has 1 atom stereocenters. The number of carbonyl (C=O) groups excluding carboxylic acids is 3. The van der Waals surface area contributed by atoms with Crippen molar-refractivity contribution in [3.05, 3.63) is 65.5 Å². The number of unbranched alkanes of at least 4 members (excludes halogenated alkanes) is 1. The van der Waals surface area contributed by atoms with Crippen molar-refractivity contribution in [3.63, 3.8) is 0 Å². The van der Waals surface area contributed by atoms with Crippen LogP contribution in [0.1, 0.15) is 56.0 Å². The zero-order valence-corrected chi connectivity index (χ0v) is 22.0. The highest BCUT2D eigenvalue weighted by Crippen LogP contribution is 2.21. The Kier molecular flexibility index (Phi) is 10.6. The van der Waals surface area contributed by atoms with Crippen molar-refractivity contribution >= 4 is 33.3 Å². The third-order valence-electron chi connectivity index (χ3n) is 5.70. The minimum atomic E-state index is -3.91. The lowest BCUT2D eigenvalue weighted by Gasteiger charge is -2.33. The number of hydrogen-bond donors (Lipinski definition) is 1. The maximum absolute atomic E-state index is 13.6. The van der Waals surface area contributed by atoms with Gasteiger partial charge in [-0.05, 0) is 49.6 Å². The van der Waals surface area contributed by atoms with Crippen LogP contribution in [-0.2, 0) is 26.2 Å². The van der Waals surface area contributed by atoms with E-state index in [4.69, 9.17) is 0 Å². The molecule has 10 heteroatoms. The van der Waals surface area contributed by atoms with Crippen molar-refractivity contribution in [2.75, 3.05) is 23.7 Å². The van der Waals surface area contributed by atoms with Crippen LogP contribution < -0.4 is 9.62 Å². The summed E-state index contributed by atoms with van der Waals surface area (Å²) >= 11 is 0. The summed E-state index contributed by atoms with van der Waals surface area (Å²) in [4.78, 5) is 39.7. The summed E-state index contributed by atoms with van der Waals surface area (Å²) in [5, 5.41) is 2.84. The number of rotatable bonds is 13. The van der Waals surface area contributed by atoms with E-state index in [1.807, 2.05) is 6.92 Å². The lowest BCUT2D eigenvalue weighted by atomic mass is 10.1. The molecule has 196 valence electrons. The molecule has 2 aromatic rings. The Morgan fingerprint density at radius 3 is 2.28 bits per heavy atom. The second kappa shape index (κ2) is 13.2. The second-order valence-corrected chi connectivity index (χ2v) is 10.5. The summed E-state index contributed by atoms with van der Waals surface area (Å²) < 4.78 is 39.7. The highest BCUT2D eigenvalue weighted by atomic mass is 32.2. The second-order valence-electron chi connectivity index (χ2n) is 8.59. The standard InChI is InChI=1S/C26H34FN3O5S/c1-5-7-15-28-26(33)24(6-2)29(17-20-11-13-22(27)14-12-20)25(32)18-30(36(4,34)35)23-10-8-9-21(16-23)19(3)31/h8-14,16,24H,5-7,15,17-18H2,1-4H3,(H,28,33). The van der Waals surface area contributed by atoms with Gasteiger partial charge >= 0.3 is 0 Å². The van der Waals surface area contributed by atoms with Gasteiger partial charge in [-0.25, -0.2) is 12.8 Å². The van der Waals surface area contributed by atoms with Crippen LogP contribution >= 0.6 is 0 Å². The van der Waals surface area contributed by atoms with E-state index in [1.165, 1.54) is 48.2 Å². The monoisotopic (exact) mass is 519 g/mol. The molecule has 1 unspecified atom stereocenters. The molecule has 0 fully saturated rings. The highest BCUT2D eigenvalue weighted by Gasteiger charge is 2.31. The van der Waals surface area contributed by atoms with Gasteiger partial charge in [-0.15, -0.1) is 0 Å². The van der Waals surface area contributed by atoms with E-state index in [0.29, 0.717) is 24.1 Å². The molecule has 0 aromatic heterocycles. The Morgan fingerprint density at radius 1 is 1.06 bits per heavy atom. The molecule has 2 aromatic carbocycles. The Hall–Kier alpha value is -3.27. The summed E-state index contributed by atoms with van der Waals surface area (Å²) in [5.74, 6) is -1.62. The third kappa shape index (κ3) is 8.15. The summed E-state index contributed by atoms with van der Waals surface area (Å²) in [6.45, 7) is 5.00. The molecule has 0 aliphatic heterocycles. The van der Waals surface area contributed by atoms with E-state index < -0.39 is 34.3 Å². The topological polar surface area (TPSA) is 104 Å². The molecule has 1 N–H and O–H groups in total. The van der Waals surface area contributed by atoms with Crippen LogP contribution in [0.25, 0.3) is 0 Å². The lowest BCUT2D eigenvalue weighted by molar-refractivity contribution is -0.140. The fraction of sp³-hybridized carbons (Fsp3) is 0.423. The van der Waals surface area contributed by atoms with Crippen LogP contribution in [-0.4, -0.2) is 56.3 Å². The van der Waals surface area contributed by atoms with Crippen molar-refractivity contribution in [2.24, 2.45) is 0 Å². The molecule has 0 bridgehead atoms. The van der Waals surface area contributed by atoms with Gasteiger partial charge in [0.2, 0.25) is 21.8 Å². The van der Waals surface area contributed by atoms with Gasteiger partial charge < -0.3 is 10.2 Å². The van der Waals surface area contributed by atoms with Crippen LogP contribution in [0.5, 0.6) is 0 Å². The number of carbonyl (C=O) groups is 3. The number of hydrogen-bond acceptors (Lipinski definition) is 5. The van der Waals surface area contributed by atoms with Crippen molar-refractivity contribution in [1.29, 1.82) is 0 Å². The molecule has 0 saturated carbocycles. The van der Waals surface area contributed by atoms with Crippen molar-refractivity contribution in [3.8, 4) is 0 Å². The quantitative estimate of drug-likeness (QED) is 0.322. The minimum Gasteiger partial charge on any atom is -0.354 e. The van der Waals surface area contributed by atoms with E-state index in [2.05, 4.69) is 5.32 Å². The molecule has 2 rings (SSSR count). The first-order valence-electron chi connectivity index (χ1n) is 11.9. The molecule has 8 nitrogen and oxygen atoms in total. The number of amides is 2. The van der Waals surface area contributed by atoms with E-state index in [9.17, 15) is 27.2 Å². The lowest BCUT2D eigenvalue weighted by Crippen LogP contribution is -2.52. The van der Waals surface area contributed by atoms with Crippen LogP contribution in [0, 0.1) is 5.82 Å². The number of sulfonamides is 1. The van der Waals surface area contributed by atoms with Crippen molar-refractivity contribution in [2.45, 2.75) is 52.6 Å². The van der Waals surface area contributed by atoms with Gasteiger partial charge in [0.05, 0.1) is 11.9 Å². The Bertz CT molecular complexity index is 1170. The van der Waals surface area contributed by atoms with Crippen molar-refractivity contribution < 1.29 is 27.2 Å². The fourth-order valence-corrected chi connectivity index (χ4v) is 4.55. The van der Waals surface area contributed by atoms with Crippen LogP contribution in [0.4, 0.5) is 10.1 Å². The molecule has 2 amide bonds. The largest absolute Gasteiger partial charge is 0.354 e. The predicted molar refractivity (Wildman–Crippen MR) is 138 cm³/mol. The van der Waals surface area contributed by atoms with Gasteiger partial charge in [-0.1, -0.05) is 44.5 Å². The number of nitrogens with one attached hydrogen (secondary N) is 1. The first-order valence-corrected chi connectivity index (χ1v) is 13.7. The number of Topliss-reactive ketones (excluding diaryl/α,β-unsaturated/α-hetero) is 1. The molecule has 0 aliphatic rings. The summed E-state index contributed by atoms with van der Waals surface area (Å²) in [5.41, 5.74) is 1.06. The molecular formula is C26H34FN3O5S. The Balaban J connectivity index is 2.43. The molecule has 0 radical (unpaired) electrons. The maximum Gasteiger partial charge on any atom is 0.244 e. The zero-order valence-electron chi connectivity index (χ0n) is 21.2. The van der Waals surface area contributed by atoms with Gasteiger partial charge in [-0.2, -0.15) is 0 Å². The van der Waals surface area contributed by atoms with Crippen LogP contribution in [0.3, 0.4) is 0 Å². The third-order valence-corrected chi connectivity index (χ3v) is 6.84. The van der Waals surface area contributed by atoms with Crippen LogP contribution in [0.15, 0.2) is 48.5 Å². The minimum absolute atomic E-state index is 0.0100. The van der Waals surface area contributed by atoms with Gasteiger partial charge in [0.1, 0.15) is 18.4 Å². The van der Waals surface area contributed by atoms with Crippen molar-refractivity contribution in [1.82, 2.24) is 10.2 Å². The number of benzene rings is 2. The Labute approximate surface area is 212 Å². The van der Waals surface area contributed by atoms with E-state index >= 15 is 0 Å². The van der Waals surface area contributed by atoms with Gasteiger partial charge in [0.25, 0.3) is 0 Å². The summed E-state index contributed by atoms with van der Waals surface area (Å²) in [7, 11) is -3.91. The van der Waals surface area contributed by atoms with Gasteiger partial charge in [-0.3, -0.25) is 18.7 Å². The molecule has 0 saturated heterocycles. The number of nitrogens with zero attached hydrogens (tertiary/aromatic N) is 2. The van der Waals surface area contributed by atoms with E-state index in [0.717, 1.165) is 23.4 Å². The molecule has 0 spiro atoms. The summed E-state index contributed by atoms with van der Waals surface area (Å²) in [6.07, 6.45) is 2.93.